The molecule has 0 atom stereocenters. The molecule has 4 nitrogen and oxygen atoms in total. The zero-order valence-electron chi connectivity index (χ0n) is 10.2. The van der Waals surface area contributed by atoms with Crippen molar-refractivity contribution in [2.45, 2.75) is 19.0 Å². The van der Waals surface area contributed by atoms with Crippen LogP contribution < -0.4 is 10.6 Å². The Morgan fingerprint density at radius 3 is 2.79 bits per heavy atom. The Labute approximate surface area is 112 Å². The van der Waals surface area contributed by atoms with Gasteiger partial charge in [-0.1, -0.05) is 0 Å². The largest absolute Gasteiger partial charge is 0.389 e. The molecule has 0 saturated carbocycles. The molecule has 0 unspecified atom stereocenters. The summed E-state index contributed by atoms with van der Waals surface area (Å²) < 4.78 is 36.1. The Bertz CT molecular complexity index is 552. The van der Waals surface area contributed by atoms with E-state index in [9.17, 15) is 13.2 Å². The van der Waals surface area contributed by atoms with Crippen LogP contribution in [-0.2, 0) is 0 Å². The van der Waals surface area contributed by atoms with E-state index in [1.165, 1.54) is 11.3 Å². The predicted molar refractivity (Wildman–Crippen MR) is 70.7 cm³/mol. The molecule has 8 heteroatoms. The number of hydrogen-bond donors (Lipinski definition) is 2. The summed E-state index contributed by atoms with van der Waals surface area (Å²) in [4.78, 5) is 9.28. The van der Waals surface area contributed by atoms with Gasteiger partial charge in [-0.2, -0.15) is 18.2 Å². The Hall–Kier alpha value is -1.57. The van der Waals surface area contributed by atoms with E-state index >= 15 is 0 Å². The van der Waals surface area contributed by atoms with Crippen molar-refractivity contribution in [3.05, 3.63) is 11.4 Å². The normalized spacial score (nSPS) is 11.8. The third kappa shape index (κ3) is 3.69. The molecule has 104 valence electrons. The van der Waals surface area contributed by atoms with E-state index in [1.54, 1.807) is 7.05 Å². The van der Waals surface area contributed by atoms with Crippen LogP contribution in [0.5, 0.6) is 0 Å². The van der Waals surface area contributed by atoms with Crippen LogP contribution in [-0.4, -0.2) is 29.7 Å². The van der Waals surface area contributed by atoms with E-state index in [4.69, 9.17) is 0 Å². The first-order chi connectivity index (χ1) is 8.99. The number of anilines is 2. The maximum Gasteiger partial charge on any atom is 0.389 e. The van der Waals surface area contributed by atoms with Gasteiger partial charge in [-0.15, -0.1) is 11.3 Å². The van der Waals surface area contributed by atoms with Gasteiger partial charge < -0.3 is 10.6 Å². The summed E-state index contributed by atoms with van der Waals surface area (Å²) in [5.41, 5.74) is 0. The Morgan fingerprint density at radius 2 is 2.11 bits per heavy atom. The van der Waals surface area contributed by atoms with Crippen LogP contribution in [0.15, 0.2) is 11.4 Å². The van der Waals surface area contributed by atoms with Gasteiger partial charge in [0.1, 0.15) is 10.6 Å². The lowest BCUT2D eigenvalue weighted by molar-refractivity contribution is -0.134. The van der Waals surface area contributed by atoms with Crippen molar-refractivity contribution in [2.75, 3.05) is 24.2 Å². The number of nitrogens with one attached hydrogen (secondary N) is 2. The summed E-state index contributed by atoms with van der Waals surface area (Å²) in [6.07, 6.45) is -4.88. The van der Waals surface area contributed by atoms with Crippen LogP contribution in [0.1, 0.15) is 12.8 Å². The highest BCUT2D eigenvalue weighted by molar-refractivity contribution is 7.16. The lowest BCUT2D eigenvalue weighted by atomic mass is 10.3. The van der Waals surface area contributed by atoms with E-state index < -0.39 is 12.6 Å². The summed E-state index contributed by atoms with van der Waals surface area (Å²) in [6, 6.07) is 1.85. The fourth-order valence-electron chi connectivity index (χ4n) is 1.60. The Balaban J connectivity index is 2.05. The van der Waals surface area contributed by atoms with Crippen molar-refractivity contribution in [3.8, 4) is 0 Å². The predicted octanol–water partition coefficient (Wildman–Crippen LogP) is 3.49. The molecule has 0 amide bonds. The highest BCUT2D eigenvalue weighted by Gasteiger charge is 2.25. The molecule has 0 aliphatic carbocycles. The number of alkyl halides is 3. The summed E-state index contributed by atoms with van der Waals surface area (Å²) >= 11 is 1.46. The van der Waals surface area contributed by atoms with Gasteiger partial charge in [0, 0.05) is 20.0 Å². The molecule has 2 aromatic rings. The fraction of sp³-hybridized carbons (Fsp3) is 0.455. The molecule has 0 saturated heterocycles. The zero-order valence-corrected chi connectivity index (χ0v) is 11.0. The molecule has 0 bridgehead atoms. The molecule has 2 rings (SSSR count). The zero-order chi connectivity index (χ0) is 13.9. The number of hydrogen-bond acceptors (Lipinski definition) is 5. The number of aromatic nitrogens is 2. The van der Waals surface area contributed by atoms with E-state index in [2.05, 4.69) is 20.6 Å². The second-order valence-corrected chi connectivity index (χ2v) is 4.83. The maximum atomic E-state index is 12.0. The van der Waals surface area contributed by atoms with Gasteiger partial charge in [0.05, 0.1) is 5.39 Å². The van der Waals surface area contributed by atoms with Crippen molar-refractivity contribution < 1.29 is 13.2 Å². The van der Waals surface area contributed by atoms with Crippen LogP contribution in [0.4, 0.5) is 24.9 Å². The summed E-state index contributed by atoms with van der Waals surface area (Å²) in [5.74, 6) is 1.02. The van der Waals surface area contributed by atoms with Gasteiger partial charge >= 0.3 is 6.18 Å². The van der Waals surface area contributed by atoms with Crippen molar-refractivity contribution in [2.24, 2.45) is 0 Å². The minimum Gasteiger partial charge on any atom is -0.369 e. The third-order valence-electron chi connectivity index (χ3n) is 2.48. The minimum atomic E-state index is -4.11. The van der Waals surface area contributed by atoms with Crippen molar-refractivity contribution in [3.63, 3.8) is 0 Å². The number of rotatable bonds is 5. The Morgan fingerprint density at radius 1 is 1.32 bits per heavy atom. The molecule has 0 radical (unpaired) electrons. The molecule has 2 heterocycles. The second-order valence-electron chi connectivity index (χ2n) is 3.93. The first kappa shape index (κ1) is 13.9. The topological polar surface area (TPSA) is 49.8 Å². The summed E-state index contributed by atoms with van der Waals surface area (Å²) in [5, 5.41) is 8.47. The smallest absolute Gasteiger partial charge is 0.369 e. The number of halogens is 3. The summed E-state index contributed by atoms with van der Waals surface area (Å²) in [6.45, 7) is 0.227. The average Bonchev–Trinajstić information content (AvgIpc) is 2.81. The summed E-state index contributed by atoms with van der Waals surface area (Å²) in [7, 11) is 1.70. The van der Waals surface area contributed by atoms with Crippen molar-refractivity contribution in [1.82, 2.24) is 9.97 Å². The average molecular weight is 290 g/mol. The molecule has 2 N–H and O–H groups in total. The first-order valence-corrected chi connectivity index (χ1v) is 6.61. The van der Waals surface area contributed by atoms with Crippen LogP contribution in [0.3, 0.4) is 0 Å². The first-order valence-electron chi connectivity index (χ1n) is 5.73. The standard InChI is InChI=1S/C11H13F3N4S/c1-15-10-17-8(7-3-6-19-9(7)18-10)16-5-2-4-11(12,13)14/h3,6H,2,4-5H2,1H3,(H2,15,16,17,18). The van der Waals surface area contributed by atoms with Gasteiger partial charge in [0.2, 0.25) is 5.95 Å². The number of fused-ring (bicyclic) bond motifs is 1. The molecule has 0 aliphatic heterocycles. The molecule has 0 fully saturated rings. The SMILES string of the molecule is CNc1nc(NCCCC(F)(F)F)c2ccsc2n1. The number of nitrogens with zero attached hydrogens (tertiary/aromatic N) is 2. The number of thiophene rings is 1. The van der Waals surface area contributed by atoms with Crippen LogP contribution in [0.2, 0.25) is 0 Å². The quantitative estimate of drug-likeness (QED) is 0.828. The minimum absolute atomic E-state index is 0.0218. The molecule has 0 aliphatic rings. The Kier molecular flexibility index (Phi) is 4.08. The molecule has 0 spiro atoms. The maximum absolute atomic E-state index is 12.0. The van der Waals surface area contributed by atoms with Gasteiger partial charge in [-0.3, -0.25) is 0 Å². The van der Waals surface area contributed by atoms with E-state index in [1.807, 2.05) is 11.4 Å². The third-order valence-corrected chi connectivity index (χ3v) is 3.28. The van der Waals surface area contributed by atoms with Gasteiger partial charge in [0.25, 0.3) is 0 Å². The lowest BCUT2D eigenvalue weighted by Crippen LogP contribution is -2.12. The highest BCUT2D eigenvalue weighted by atomic mass is 32.1. The van der Waals surface area contributed by atoms with Crippen molar-refractivity contribution in [1.29, 1.82) is 0 Å². The highest BCUT2D eigenvalue weighted by Crippen LogP contribution is 2.27. The van der Waals surface area contributed by atoms with Gasteiger partial charge in [0.15, 0.2) is 0 Å². The van der Waals surface area contributed by atoms with E-state index in [0.29, 0.717) is 11.8 Å². The monoisotopic (exact) mass is 290 g/mol. The van der Waals surface area contributed by atoms with E-state index in [-0.39, 0.29) is 13.0 Å². The molecule has 19 heavy (non-hydrogen) atoms. The second kappa shape index (κ2) is 5.60. The molecular formula is C11H13F3N4S. The van der Waals surface area contributed by atoms with Crippen LogP contribution in [0.25, 0.3) is 10.2 Å². The van der Waals surface area contributed by atoms with Crippen LogP contribution >= 0.6 is 11.3 Å². The fourth-order valence-corrected chi connectivity index (χ4v) is 2.36. The van der Waals surface area contributed by atoms with Gasteiger partial charge in [-0.25, -0.2) is 4.98 Å². The van der Waals surface area contributed by atoms with Gasteiger partial charge in [-0.05, 0) is 17.9 Å². The lowest BCUT2D eigenvalue weighted by Gasteiger charge is -2.09. The van der Waals surface area contributed by atoms with E-state index in [0.717, 1.165) is 10.2 Å². The van der Waals surface area contributed by atoms with Crippen LogP contribution in [0, 0.1) is 0 Å². The molecular weight excluding hydrogens is 277 g/mol. The molecule has 2 aromatic heterocycles. The molecule has 0 aromatic carbocycles. The van der Waals surface area contributed by atoms with Crippen molar-refractivity contribution >= 4 is 33.3 Å².